The van der Waals surface area contributed by atoms with Crippen LogP contribution in [0, 0.1) is 5.41 Å². The number of nitrogens with zero attached hydrogens (tertiary/aromatic N) is 1. The molecular weight excluding hydrogens is 194 g/mol. The van der Waals surface area contributed by atoms with Gasteiger partial charge in [-0.2, -0.15) is 11.8 Å². The van der Waals surface area contributed by atoms with Gasteiger partial charge in [-0.15, -0.1) is 0 Å². The van der Waals surface area contributed by atoms with Gasteiger partial charge in [0.1, 0.15) is 6.29 Å². The van der Waals surface area contributed by atoms with Crippen molar-refractivity contribution in [2.75, 3.05) is 32.1 Å². The maximum absolute atomic E-state index is 11.0. The average Bonchev–Trinajstić information content (AvgIpc) is 2.15. The lowest BCUT2D eigenvalue weighted by Gasteiger charge is -2.28. The van der Waals surface area contributed by atoms with Crippen LogP contribution in [0.1, 0.15) is 26.7 Å². The summed E-state index contributed by atoms with van der Waals surface area (Å²) in [4.78, 5) is 13.2. The lowest BCUT2D eigenvalue weighted by molar-refractivity contribution is -0.116. The van der Waals surface area contributed by atoms with Crippen molar-refractivity contribution in [3.05, 3.63) is 0 Å². The highest BCUT2D eigenvalue weighted by Crippen LogP contribution is 2.21. The largest absolute Gasteiger partial charge is 0.305 e. The third-order valence-corrected chi connectivity index (χ3v) is 3.00. The van der Waals surface area contributed by atoms with Crippen LogP contribution in [0.5, 0.6) is 0 Å². The Morgan fingerprint density at radius 2 is 2.14 bits per heavy atom. The summed E-state index contributed by atoms with van der Waals surface area (Å²) in [5.74, 6) is 1.14. The van der Waals surface area contributed by atoms with E-state index in [1.807, 2.05) is 11.8 Å². The Morgan fingerprint density at radius 1 is 1.50 bits per heavy atom. The van der Waals surface area contributed by atoms with Crippen LogP contribution in [0.25, 0.3) is 0 Å². The Bertz CT molecular complexity index is 163. The summed E-state index contributed by atoms with van der Waals surface area (Å²) in [5, 5.41) is 0. The highest BCUT2D eigenvalue weighted by atomic mass is 32.2. The fourth-order valence-electron chi connectivity index (χ4n) is 1.69. The molecular formula is C11H23NOS. The summed E-state index contributed by atoms with van der Waals surface area (Å²) in [6.07, 6.45) is 5.29. The monoisotopic (exact) mass is 217 g/mol. The van der Waals surface area contributed by atoms with Gasteiger partial charge in [0.25, 0.3) is 0 Å². The molecule has 0 spiro atoms. The Kier molecular flexibility index (Phi) is 7.28. The van der Waals surface area contributed by atoms with Gasteiger partial charge in [-0.05, 0) is 19.7 Å². The Morgan fingerprint density at radius 3 is 2.57 bits per heavy atom. The molecule has 0 aliphatic carbocycles. The first-order valence-electron chi connectivity index (χ1n) is 5.22. The zero-order chi connectivity index (χ0) is 11.0. The molecule has 14 heavy (non-hydrogen) atoms. The summed E-state index contributed by atoms with van der Waals surface area (Å²) >= 11 is 1.85. The molecule has 0 heterocycles. The summed E-state index contributed by atoms with van der Waals surface area (Å²) < 4.78 is 0. The average molecular weight is 217 g/mol. The van der Waals surface area contributed by atoms with E-state index in [1.54, 1.807) is 0 Å². The molecule has 0 aliphatic heterocycles. The fourth-order valence-corrected chi connectivity index (χ4v) is 2.18. The maximum atomic E-state index is 11.0. The predicted octanol–water partition coefficient (Wildman–Crippen LogP) is 2.29. The van der Waals surface area contributed by atoms with Crippen LogP contribution in [-0.2, 0) is 4.79 Å². The summed E-state index contributed by atoms with van der Waals surface area (Å²) in [7, 11) is 2.09. The van der Waals surface area contributed by atoms with E-state index in [2.05, 4.69) is 32.1 Å². The molecule has 1 atom stereocenters. The smallest absolute Gasteiger partial charge is 0.127 e. The van der Waals surface area contributed by atoms with E-state index >= 15 is 0 Å². The van der Waals surface area contributed by atoms with Crippen LogP contribution in [0.4, 0.5) is 0 Å². The van der Waals surface area contributed by atoms with Crippen molar-refractivity contribution in [2.45, 2.75) is 26.7 Å². The topological polar surface area (TPSA) is 20.3 Å². The minimum absolute atomic E-state index is 0.151. The number of carbonyl (C=O) groups excluding carboxylic acids is 1. The second kappa shape index (κ2) is 7.30. The van der Waals surface area contributed by atoms with Gasteiger partial charge in [0, 0.05) is 24.3 Å². The van der Waals surface area contributed by atoms with Crippen molar-refractivity contribution < 1.29 is 4.79 Å². The first kappa shape index (κ1) is 14.0. The number of hydrogen-bond acceptors (Lipinski definition) is 3. The number of rotatable bonds is 8. The van der Waals surface area contributed by atoms with E-state index in [0.29, 0.717) is 0 Å². The molecule has 3 heteroatoms. The molecule has 2 nitrogen and oxygen atoms in total. The lowest BCUT2D eigenvalue weighted by atomic mass is 9.87. The SMILES string of the molecule is CCCC(C)(C=O)CN(C)CCSC. The molecule has 0 saturated carbocycles. The molecule has 0 aromatic rings. The van der Waals surface area contributed by atoms with Gasteiger partial charge in [-0.3, -0.25) is 0 Å². The molecule has 0 aromatic carbocycles. The summed E-state index contributed by atoms with van der Waals surface area (Å²) in [6.45, 7) is 6.13. The number of hydrogen-bond donors (Lipinski definition) is 0. The molecule has 84 valence electrons. The van der Waals surface area contributed by atoms with Crippen LogP contribution >= 0.6 is 11.8 Å². The minimum atomic E-state index is -0.151. The van der Waals surface area contributed by atoms with Crippen molar-refractivity contribution in [1.29, 1.82) is 0 Å². The molecule has 0 N–H and O–H groups in total. The number of carbonyl (C=O) groups is 1. The molecule has 0 aromatic heterocycles. The quantitative estimate of drug-likeness (QED) is 0.582. The van der Waals surface area contributed by atoms with Crippen LogP contribution in [0.15, 0.2) is 0 Å². The van der Waals surface area contributed by atoms with E-state index in [4.69, 9.17) is 0 Å². The van der Waals surface area contributed by atoms with Gasteiger partial charge in [-0.1, -0.05) is 20.3 Å². The van der Waals surface area contributed by atoms with Crippen LogP contribution in [0.3, 0.4) is 0 Å². The summed E-state index contributed by atoms with van der Waals surface area (Å²) in [6, 6.07) is 0. The zero-order valence-corrected chi connectivity index (χ0v) is 10.7. The van der Waals surface area contributed by atoms with Gasteiger partial charge in [-0.25, -0.2) is 0 Å². The van der Waals surface area contributed by atoms with E-state index < -0.39 is 0 Å². The van der Waals surface area contributed by atoms with Gasteiger partial charge >= 0.3 is 0 Å². The van der Waals surface area contributed by atoms with E-state index in [9.17, 15) is 4.79 Å². The molecule has 0 rings (SSSR count). The first-order chi connectivity index (χ1) is 6.58. The lowest BCUT2D eigenvalue weighted by Crippen LogP contribution is -2.35. The third kappa shape index (κ3) is 5.66. The molecule has 0 amide bonds. The second-order valence-corrected chi connectivity index (χ2v) is 5.24. The standard InChI is InChI=1S/C11H23NOS/c1-5-6-11(2,10-13)9-12(3)7-8-14-4/h10H,5-9H2,1-4H3. The van der Waals surface area contributed by atoms with E-state index in [-0.39, 0.29) is 5.41 Å². The van der Waals surface area contributed by atoms with Crippen molar-refractivity contribution in [2.24, 2.45) is 5.41 Å². The van der Waals surface area contributed by atoms with E-state index in [0.717, 1.165) is 38.0 Å². The fraction of sp³-hybridized carbons (Fsp3) is 0.909. The van der Waals surface area contributed by atoms with Crippen LogP contribution < -0.4 is 0 Å². The zero-order valence-electron chi connectivity index (χ0n) is 9.88. The Balaban J connectivity index is 3.96. The number of aldehydes is 1. The van der Waals surface area contributed by atoms with Crippen molar-refractivity contribution in [3.8, 4) is 0 Å². The van der Waals surface area contributed by atoms with Gasteiger partial charge in [0.15, 0.2) is 0 Å². The van der Waals surface area contributed by atoms with Gasteiger partial charge < -0.3 is 9.69 Å². The van der Waals surface area contributed by atoms with Gasteiger partial charge in [0.2, 0.25) is 0 Å². The Labute approximate surface area is 92.4 Å². The van der Waals surface area contributed by atoms with Crippen LogP contribution in [0.2, 0.25) is 0 Å². The normalized spacial score (nSPS) is 15.5. The van der Waals surface area contributed by atoms with Crippen molar-refractivity contribution in [1.82, 2.24) is 4.90 Å². The second-order valence-electron chi connectivity index (χ2n) is 4.25. The first-order valence-corrected chi connectivity index (χ1v) is 6.61. The molecule has 0 saturated heterocycles. The predicted molar refractivity (Wildman–Crippen MR) is 65.0 cm³/mol. The maximum Gasteiger partial charge on any atom is 0.127 e. The molecule has 1 unspecified atom stereocenters. The molecule has 0 fully saturated rings. The van der Waals surface area contributed by atoms with Crippen molar-refractivity contribution >= 4 is 18.0 Å². The molecule has 0 bridgehead atoms. The van der Waals surface area contributed by atoms with E-state index in [1.165, 1.54) is 0 Å². The highest BCUT2D eigenvalue weighted by molar-refractivity contribution is 7.98. The van der Waals surface area contributed by atoms with Crippen LogP contribution in [-0.4, -0.2) is 43.3 Å². The van der Waals surface area contributed by atoms with Crippen molar-refractivity contribution in [3.63, 3.8) is 0 Å². The highest BCUT2D eigenvalue weighted by Gasteiger charge is 2.23. The minimum Gasteiger partial charge on any atom is -0.305 e. The molecule has 0 aliphatic rings. The Hall–Kier alpha value is -0.0200. The third-order valence-electron chi connectivity index (χ3n) is 2.41. The summed E-state index contributed by atoms with van der Waals surface area (Å²) in [5.41, 5.74) is -0.151. The number of thioether (sulfide) groups is 1. The molecule has 0 radical (unpaired) electrons. The van der Waals surface area contributed by atoms with Gasteiger partial charge in [0.05, 0.1) is 0 Å².